The van der Waals surface area contributed by atoms with Gasteiger partial charge >= 0.3 is 0 Å². The van der Waals surface area contributed by atoms with Crippen molar-refractivity contribution in [3.8, 4) is 11.5 Å². The van der Waals surface area contributed by atoms with Gasteiger partial charge in [0, 0.05) is 5.56 Å². The third-order valence-electron chi connectivity index (χ3n) is 3.77. The number of thiocarbonyl (C=S) groups is 1. The zero-order valence-electron chi connectivity index (χ0n) is 14.6. The van der Waals surface area contributed by atoms with E-state index in [9.17, 15) is 9.59 Å². The van der Waals surface area contributed by atoms with Crippen LogP contribution in [0, 0.1) is 0 Å². The van der Waals surface area contributed by atoms with E-state index in [-0.39, 0.29) is 10.2 Å². The van der Waals surface area contributed by atoms with Crippen molar-refractivity contribution in [1.29, 1.82) is 0 Å². The molecule has 0 saturated carbocycles. The Morgan fingerprint density at radius 1 is 1.04 bits per heavy atom. The summed E-state index contributed by atoms with van der Waals surface area (Å²) in [7, 11) is 3.13. The predicted molar refractivity (Wildman–Crippen MR) is 108 cm³/mol. The Bertz CT molecular complexity index is 908. The summed E-state index contributed by atoms with van der Waals surface area (Å²) in [6.07, 6.45) is 1.72. The number of hydrogen-bond acceptors (Lipinski definition) is 6. The lowest BCUT2D eigenvalue weighted by Crippen LogP contribution is -2.44. The van der Waals surface area contributed by atoms with E-state index in [0.29, 0.717) is 16.2 Å². The molecular weight excluding hydrogens is 384 g/mol. The van der Waals surface area contributed by atoms with Crippen LogP contribution in [-0.4, -0.2) is 35.4 Å². The Kier molecular flexibility index (Phi) is 5.78. The van der Waals surface area contributed by atoms with E-state index in [4.69, 9.17) is 21.7 Å². The van der Waals surface area contributed by atoms with Gasteiger partial charge in [-0.2, -0.15) is 5.01 Å². The molecule has 1 saturated heterocycles. The molecule has 0 aliphatic carbocycles. The van der Waals surface area contributed by atoms with E-state index in [1.807, 2.05) is 12.1 Å². The van der Waals surface area contributed by atoms with Crippen molar-refractivity contribution >= 4 is 46.2 Å². The summed E-state index contributed by atoms with van der Waals surface area (Å²) >= 11 is 6.36. The summed E-state index contributed by atoms with van der Waals surface area (Å²) < 4.78 is 10.4. The van der Waals surface area contributed by atoms with Crippen molar-refractivity contribution in [2.45, 2.75) is 0 Å². The molecule has 2 amide bonds. The lowest BCUT2D eigenvalue weighted by Gasteiger charge is -2.15. The van der Waals surface area contributed by atoms with Crippen LogP contribution in [0.4, 0.5) is 0 Å². The molecule has 138 valence electrons. The number of nitrogens with zero attached hydrogens (tertiary/aromatic N) is 1. The van der Waals surface area contributed by atoms with Gasteiger partial charge in [0.05, 0.1) is 19.1 Å². The molecule has 6 nitrogen and oxygen atoms in total. The lowest BCUT2D eigenvalue weighted by molar-refractivity contribution is -0.123. The van der Waals surface area contributed by atoms with Crippen molar-refractivity contribution in [3.05, 3.63) is 64.6 Å². The topological polar surface area (TPSA) is 67.9 Å². The molecular formula is C19H16N2O4S2. The largest absolute Gasteiger partial charge is 0.497 e. The molecule has 1 heterocycles. The number of thioether (sulfide) groups is 1. The monoisotopic (exact) mass is 400 g/mol. The zero-order chi connectivity index (χ0) is 19.4. The molecule has 0 radical (unpaired) electrons. The number of nitrogens with one attached hydrogen (secondary N) is 1. The number of benzene rings is 2. The Labute approximate surface area is 166 Å². The van der Waals surface area contributed by atoms with Crippen LogP contribution in [0.3, 0.4) is 0 Å². The highest BCUT2D eigenvalue weighted by molar-refractivity contribution is 8.26. The highest BCUT2D eigenvalue weighted by atomic mass is 32.2. The van der Waals surface area contributed by atoms with Crippen LogP contribution in [0.15, 0.2) is 53.4 Å². The van der Waals surface area contributed by atoms with Gasteiger partial charge in [0.25, 0.3) is 11.8 Å². The number of amides is 2. The molecule has 1 aliphatic rings. The first-order chi connectivity index (χ1) is 13.0. The molecule has 0 unspecified atom stereocenters. The van der Waals surface area contributed by atoms with Gasteiger partial charge in [-0.3, -0.25) is 15.0 Å². The maximum Gasteiger partial charge on any atom is 0.285 e. The number of carbonyl (C=O) groups is 2. The molecule has 1 fully saturated rings. The van der Waals surface area contributed by atoms with Crippen LogP contribution in [0.5, 0.6) is 11.5 Å². The smallest absolute Gasteiger partial charge is 0.285 e. The number of hydrogen-bond donors (Lipinski definition) is 1. The fourth-order valence-corrected chi connectivity index (χ4v) is 3.50. The van der Waals surface area contributed by atoms with Crippen LogP contribution >= 0.6 is 24.0 Å². The summed E-state index contributed by atoms with van der Waals surface area (Å²) in [5.74, 6) is 0.563. The summed E-state index contributed by atoms with van der Waals surface area (Å²) in [6, 6.07) is 13.8. The number of ether oxygens (including phenoxy) is 2. The number of hydrazine groups is 1. The highest BCUT2D eigenvalue weighted by Gasteiger charge is 2.33. The van der Waals surface area contributed by atoms with E-state index >= 15 is 0 Å². The van der Waals surface area contributed by atoms with Gasteiger partial charge in [-0.25, -0.2) is 0 Å². The standard InChI is InChI=1S/C19H16N2O4S2/c1-24-14-7-3-12(4-8-14)11-16-18(23)21(19(26)27-16)20-17(22)13-5-9-15(25-2)10-6-13/h3-11H,1-2H3,(H,20,22)/b16-11-. The Balaban J connectivity index is 1.73. The Morgan fingerprint density at radius 3 is 2.15 bits per heavy atom. The van der Waals surface area contributed by atoms with Gasteiger partial charge < -0.3 is 9.47 Å². The van der Waals surface area contributed by atoms with E-state index in [1.165, 1.54) is 0 Å². The van der Waals surface area contributed by atoms with E-state index in [2.05, 4.69) is 5.43 Å². The molecule has 2 aromatic carbocycles. The van der Waals surface area contributed by atoms with Crippen molar-refractivity contribution in [3.63, 3.8) is 0 Å². The fourth-order valence-electron chi connectivity index (χ4n) is 2.32. The minimum absolute atomic E-state index is 0.265. The first kappa shape index (κ1) is 18.9. The molecule has 1 N–H and O–H groups in total. The predicted octanol–water partition coefficient (Wildman–Crippen LogP) is 3.25. The quantitative estimate of drug-likeness (QED) is 0.614. The molecule has 0 spiro atoms. The number of rotatable bonds is 5. The minimum atomic E-state index is -0.431. The first-order valence-electron chi connectivity index (χ1n) is 7.89. The summed E-state index contributed by atoms with van der Waals surface area (Å²) in [5, 5.41) is 1.09. The summed E-state index contributed by atoms with van der Waals surface area (Å²) in [4.78, 5) is 25.4. The van der Waals surface area contributed by atoms with Gasteiger partial charge in [-0.15, -0.1) is 0 Å². The first-order valence-corrected chi connectivity index (χ1v) is 9.11. The molecule has 8 heteroatoms. The van der Waals surface area contributed by atoms with Crippen LogP contribution in [0.1, 0.15) is 15.9 Å². The number of methoxy groups -OCH3 is 2. The van der Waals surface area contributed by atoms with Crippen LogP contribution < -0.4 is 14.9 Å². The fraction of sp³-hybridized carbons (Fsp3) is 0.105. The number of carbonyl (C=O) groups excluding carboxylic acids is 2. The normalized spacial score (nSPS) is 15.2. The second-order valence-electron chi connectivity index (χ2n) is 5.46. The van der Waals surface area contributed by atoms with E-state index in [0.717, 1.165) is 28.1 Å². The van der Waals surface area contributed by atoms with Crippen LogP contribution in [0.2, 0.25) is 0 Å². The molecule has 0 atom stereocenters. The molecule has 2 aromatic rings. The van der Waals surface area contributed by atoms with Crippen molar-refractivity contribution in [1.82, 2.24) is 10.4 Å². The van der Waals surface area contributed by atoms with Crippen molar-refractivity contribution in [2.24, 2.45) is 0 Å². The summed E-state index contributed by atoms with van der Waals surface area (Å²) in [6.45, 7) is 0. The zero-order valence-corrected chi connectivity index (χ0v) is 16.2. The van der Waals surface area contributed by atoms with Crippen molar-refractivity contribution in [2.75, 3.05) is 14.2 Å². The van der Waals surface area contributed by atoms with Gasteiger partial charge in [0.2, 0.25) is 0 Å². The van der Waals surface area contributed by atoms with Gasteiger partial charge in [0.15, 0.2) is 4.32 Å². The lowest BCUT2D eigenvalue weighted by atomic mass is 10.2. The molecule has 3 rings (SSSR count). The third-order valence-corrected chi connectivity index (χ3v) is 5.07. The van der Waals surface area contributed by atoms with Crippen LogP contribution in [0.25, 0.3) is 6.08 Å². The second-order valence-corrected chi connectivity index (χ2v) is 7.14. The Hall–Kier alpha value is -2.84. The van der Waals surface area contributed by atoms with E-state index in [1.54, 1.807) is 56.7 Å². The maximum atomic E-state index is 12.6. The average molecular weight is 400 g/mol. The molecule has 0 bridgehead atoms. The second kappa shape index (κ2) is 8.24. The SMILES string of the molecule is COc1ccc(/C=C2\SC(=S)N(NC(=O)c3ccc(OC)cc3)C2=O)cc1. The summed E-state index contributed by atoms with van der Waals surface area (Å²) in [5.41, 5.74) is 3.77. The van der Waals surface area contributed by atoms with Gasteiger partial charge in [-0.1, -0.05) is 23.9 Å². The van der Waals surface area contributed by atoms with E-state index < -0.39 is 5.91 Å². The molecule has 27 heavy (non-hydrogen) atoms. The average Bonchev–Trinajstić information content (AvgIpc) is 2.96. The van der Waals surface area contributed by atoms with Crippen molar-refractivity contribution < 1.29 is 19.1 Å². The maximum absolute atomic E-state index is 12.6. The van der Waals surface area contributed by atoms with Gasteiger partial charge in [-0.05, 0) is 60.3 Å². The van der Waals surface area contributed by atoms with Crippen LogP contribution in [-0.2, 0) is 4.79 Å². The Morgan fingerprint density at radius 2 is 1.59 bits per heavy atom. The molecule has 1 aliphatic heterocycles. The van der Waals surface area contributed by atoms with Gasteiger partial charge in [0.1, 0.15) is 11.5 Å². The third kappa shape index (κ3) is 4.29. The highest BCUT2D eigenvalue weighted by Crippen LogP contribution is 2.31. The molecule has 0 aromatic heterocycles. The minimum Gasteiger partial charge on any atom is -0.497 e.